The van der Waals surface area contributed by atoms with Crippen molar-refractivity contribution in [2.75, 3.05) is 13.2 Å². The summed E-state index contributed by atoms with van der Waals surface area (Å²) < 4.78 is 25.7. The maximum Gasteiger partial charge on any atom is 0.251 e. The van der Waals surface area contributed by atoms with Gasteiger partial charge in [-0.25, -0.2) is 9.37 Å². The number of carbonyl (C=O) groups excluding carboxylic acids is 2. The van der Waals surface area contributed by atoms with Gasteiger partial charge in [0.25, 0.3) is 5.91 Å². The Morgan fingerprint density at radius 3 is 2.60 bits per heavy atom. The standard InChI is InChI=1S/C33H31FN4O5/c1-32(31(35)40)18-42-29-24(32)16-27(38-28(29)19-6-9-21(34)10-7-19)33(2,41)17-37-30(39)20-8-13-23(25-5-3-4-14-36-25)26(15-20)43-22-11-12-22/h3-10,13-16,22,41H,11-12,17-18H2,1-2H3,(H2,35,40)(H,37,39)/t32-,33-/m0/s1. The molecule has 1 saturated carbocycles. The first kappa shape index (κ1) is 28.3. The van der Waals surface area contributed by atoms with E-state index < -0.39 is 28.6 Å². The molecule has 0 bridgehead atoms. The molecule has 4 aromatic rings. The molecule has 43 heavy (non-hydrogen) atoms. The molecule has 2 atom stereocenters. The number of halogens is 1. The predicted molar refractivity (Wildman–Crippen MR) is 157 cm³/mol. The number of fused-ring (bicyclic) bond motifs is 1. The summed E-state index contributed by atoms with van der Waals surface area (Å²) >= 11 is 0. The van der Waals surface area contributed by atoms with Crippen LogP contribution in [0.1, 0.15) is 48.3 Å². The molecular weight excluding hydrogens is 551 g/mol. The Morgan fingerprint density at radius 2 is 1.93 bits per heavy atom. The first-order valence-corrected chi connectivity index (χ1v) is 14.0. The zero-order valence-electron chi connectivity index (χ0n) is 23.8. The van der Waals surface area contributed by atoms with Crippen molar-refractivity contribution in [2.24, 2.45) is 5.73 Å². The highest BCUT2D eigenvalue weighted by atomic mass is 19.1. The third-order valence-corrected chi connectivity index (χ3v) is 7.88. The van der Waals surface area contributed by atoms with Gasteiger partial charge in [0, 0.05) is 28.5 Å². The molecule has 1 fully saturated rings. The van der Waals surface area contributed by atoms with Crippen molar-refractivity contribution >= 4 is 11.8 Å². The third-order valence-electron chi connectivity index (χ3n) is 7.88. The van der Waals surface area contributed by atoms with E-state index in [4.69, 9.17) is 15.2 Å². The minimum atomic E-state index is -1.66. The second kappa shape index (κ2) is 10.8. The van der Waals surface area contributed by atoms with Crippen LogP contribution in [0.4, 0.5) is 4.39 Å². The van der Waals surface area contributed by atoms with E-state index in [2.05, 4.69) is 15.3 Å². The highest BCUT2D eigenvalue weighted by Crippen LogP contribution is 2.45. The average molecular weight is 583 g/mol. The number of hydrogen-bond acceptors (Lipinski definition) is 7. The number of nitrogens with one attached hydrogen (secondary N) is 1. The SMILES string of the molecule is C[C@](O)(CNC(=O)c1ccc(-c2ccccn2)c(OC2CC2)c1)c1cc2c(c(-c3ccc(F)cc3)n1)OC[C@]2(C)C(N)=O. The smallest absolute Gasteiger partial charge is 0.251 e. The lowest BCUT2D eigenvalue weighted by atomic mass is 9.82. The number of nitrogens with zero attached hydrogens (tertiary/aromatic N) is 2. The van der Waals surface area contributed by atoms with Crippen LogP contribution >= 0.6 is 0 Å². The normalized spacial score (nSPS) is 18.7. The van der Waals surface area contributed by atoms with Gasteiger partial charge in [0.2, 0.25) is 5.91 Å². The summed E-state index contributed by atoms with van der Waals surface area (Å²) in [5.41, 5.74) is 6.30. The number of hydrogen-bond donors (Lipinski definition) is 3. The Kier molecular flexibility index (Phi) is 7.09. The lowest BCUT2D eigenvalue weighted by Gasteiger charge is -2.26. The number of primary amides is 1. The van der Waals surface area contributed by atoms with Crippen molar-refractivity contribution in [1.82, 2.24) is 15.3 Å². The van der Waals surface area contributed by atoms with Gasteiger partial charge in [-0.05, 0) is 87.4 Å². The fourth-order valence-electron chi connectivity index (χ4n) is 4.97. The largest absolute Gasteiger partial charge is 0.490 e. The maximum absolute atomic E-state index is 13.7. The third kappa shape index (κ3) is 5.53. The van der Waals surface area contributed by atoms with Crippen LogP contribution in [0.2, 0.25) is 0 Å². The van der Waals surface area contributed by atoms with Crippen LogP contribution in [-0.4, -0.2) is 46.1 Å². The fourth-order valence-corrected chi connectivity index (χ4v) is 4.97. The van der Waals surface area contributed by atoms with E-state index >= 15 is 0 Å². The molecule has 10 heteroatoms. The predicted octanol–water partition coefficient (Wildman–Crippen LogP) is 4.26. The van der Waals surface area contributed by atoms with Crippen molar-refractivity contribution in [2.45, 2.75) is 43.8 Å². The minimum absolute atomic E-state index is 0.00433. The van der Waals surface area contributed by atoms with Gasteiger partial charge in [0.1, 0.15) is 40.6 Å². The number of amides is 2. The summed E-state index contributed by atoms with van der Waals surface area (Å²) in [4.78, 5) is 34.8. The molecule has 4 N–H and O–H groups in total. The van der Waals surface area contributed by atoms with Gasteiger partial charge in [0.05, 0.1) is 24.0 Å². The number of aromatic nitrogens is 2. The number of nitrogens with two attached hydrogens (primary N) is 1. The Labute approximate surface area is 247 Å². The van der Waals surface area contributed by atoms with E-state index in [1.807, 2.05) is 18.2 Å². The average Bonchev–Trinajstić information content (AvgIpc) is 3.76. The topological polar surface area (TPSA) is 137 Å². The summed E-state index contributed by atoms with van der Waals surface area (Å²) in [7, 11) is 0. The van der Waals surface area contributed by atoms with Crippen LogP contribution in [0.5, 0.6) is 11.5 Å². The zero-order chi connectivity index (χ0) is 30.4. The van der Waals surface area contributed by atoms with E-state index in [9.17, 15) is 19.1 Å². The molecule has 0 radical (unpaired) electrons. The van der Waals surface area contributed by atoms with E-state index in [0.717, 1.165) is 24.1 Å². The first-order valence-electron chi connectivity index (χ1n) is 14.0. The van der Waals surface area contributed by atoms with Gasteiger partial charge < -0.3 is 25.6 Å². The van der Waals surface area contributed by atoms with Crippen LogP contribution < -0.4 is 20.5 Å². The van der Waals surface area contributed by atoms with Crippen molar-refractivity contribution in [1.29, 1.82) is 0 Å². The summed E-state index contributed by atoms with van der Waals surface area (Å²) in [6.07, 6.45) is 3.71. The highest BCUT2D eigenvalue weighted by molar-refractivity contribution is 5.95. The van der Waals surface area contributed by atoms with Crippen LogP contribution in [0.15, 0.2) is 72.9 Å². The van der Waals surface area contributed by atoms with Crippen LogP contribution in [0.3, 0.4) is 0 Å². The van der Waals surface area contributed by atoms with Crippen molar-refractivity contribution in [3.8, 4) is 34.0 Å². The molecule has 2 amide bonds. The van der Waals surface area contributed by atoms with Crippen LogP contribution in [0.25, 0.3) is 22.5 Å². The van der Waals surface area contributed by atoms with Gasteiger partial charge in [-0.3, -0.25) is 14.6 Å². The molecule has 2 aromatic heterocycles. The van der Waals surface area contributed by atoms with Gasteiger partial charge in [0.15, 0.2) is 0 Å². The minimum Gasteiger partial charge on any atom is -0.490 e. The first-order chi connectivity index (χ1) is 20.5. The quantitative estimate of drug-likeness (QED) is 0.268. The molecule has 6 rings (SSSR count). The number of ether oxygens (including phenoxy) is 2. The fraction of sp³-hybridized carbons (Fsp3) is 0.273. The molecule has 220 valence electrons. The van der Waals surface area contributed by atoms with E-state index in [1.54, 1.807) is 37.4 Å². The van der Waals surface area contributed by atoms with Gasteiger partial charge in [-0.1, -0.05) is 6.07 Å². The molecule has 3 heterocycles. The molecule has 0 unspecified atom stereocenters. The molecule has 0 spiro atoms. The number of rotatable bonds is 9. The maximum atomic E-state index is 13.7. The number of carbonyl (C=O) groups is 2. The molecule has 2 aromatic carbocycles. The van der Waals surface area contributed by atoms with Gasteiger partial charge in [-0.15, -0.1) is 0 Å². The van der Waals surface area contributed by atoms with Crippen molar-refractivity contribution < 1.29 is 28.6 Å². The molecule has 9 nitrogen and oxygen atoms in total. The highest BCUT2D eigenvalue weighted by Gasteiger charge is 2.45. The lowest BCUT2D eigenvalue weighted by Crippen LogP contribution is -2.41. The summed E-state index contributed by atoms with van der Waals surface area (Å²) in [5, 5.41) is 14.4. The molecule has 2 aliphatic rings. The lowest BCUT2D eigenvalue weighted by molar-refractivity contribution is -0.123. The number of benzene rings is 2. The van der Waals surface area contributed by atoms with E-state index in [-0.39, 0.29) is 24.9 Å². The van der Waals surface area contributed by atoms with E-state index in [1.165, 1.54) is 31.2 Å². The second-order valence-corrected chi connectivity index (χ2v) is 11.4. The Balaban J connectivity index is 1.29. The Morgan fingerprint density at radius 1 is 1.16 bits per heavy atom. The Hall–Kier alpha value is -4.83. The number of pyridine rings is 2. The van der Waals surface area contributed by atoms with Crippen molar-refractivity contribution in [3.63, 3.8) is 0 Å². The monoisotopic (exact) mass is 582 g/mol. The molecule has 0 saturated heterocycles. The Bertz CT molecular complexity index is 1710. The second-order valence-electron chi connectivity index (χ2n) is 11.4. The summed E-state index contributed by atoms with van der Waals surface area (Å²) in [5.74, 6) is -0.533. The molecule has 1 aliphatic carbocycles. The van der Waals surface area contributed by atoms with Gasteiger partial charge in [-0.2, -0.15) is 0 Å². The van der Waals surface area contributed by atoms with Crippen LogP contribution in [0, 0.1) is 5.82 Å². The zero-order valence-corrected chi connectivity index (χ0v) is 23.8. The summed E-state index contributed by atoms with van der Waals surface area (Å²) in [6.45, 7) is 2.97. The molecule has 1 aliphatic heterocycles. The van der Waals surface area contributed by atoms with Gasteiger partial charge >= 0.3 is 0 Å². The van der Waals surface area contributed by atoms with E-state index in [0.29, 0.717) is 33.9 Å². The van der Waals surface area contributed by atoms with Crippen molar-refractivity contribution in [3.05, 3.63) is 95.6 Å². The summed E-state index contributed by atoms with van der Waals surface area (Å²) in [6, 6.07) is 18.0. The van der Waals surface area contributed by atoms with Crippen LogP contribution in [-0.2, 0) is 15.8 Å². The molecular formula is C33H31FN4O5. The number of aliphatic hydroxyl groups is 1.